The lowest BCUT2D eigenvalue weighted by Gasteiger charge is -2.40. The van der Waals surface area contributed by atoms with Gasteiger partial charge in [0.2, 0.25) is 0 Å². The fraction of sp³-hybridized carbons (Fsp3) is 0.417. The highest BCUT2D eigenvalue weighted by Gasteiger charge is 2.36. The Morgan fingerprint density at radius 3 is 2.61 bits per heavy atom. The summed E-state index contributed by atoms with van der Waals surface area (Å²) in [5.41, 5.74) is 10.0. The molecule has 3 N–H and O–H groups in total. The number of halogens is 2. The number of fused-ring (bicyclic) bond motifs is 1. The number of benzene rings is 2. The molecule has 0 unspecified atom stereocenters. The van der Waals surface area contributed by atoms with Crippen LogP contribution in [-0.4, -0.2) is 28.0 Å². The van der Waals surface area contributed by atoms with Crippen molar-refractivity contribution in [2.24, 2.45) is 5.73 Å². The average molecular weight is 459 g/mol. The Hall–Kier alpha value is -2.08. The van der Waals surface area contributed by atoms with E-state index in [0.29, 0.717) is 18.2 Å². The average Bonchev–Trinajstić information content (AvgIpc) is 3.53. The molecule has 0 aliphatic heterocycles. The predicted octanol–water partition coefficient (Wildman–Crippen LogP) is 5.02. The van der Waals surface area contributed by atoms with E-state index in [-0.39, 0.29) is 29.8 Å². The number of carbonyl (C=O) groups excluding carboxylic acids is 1. The van der Waals surface area contributed by atoms with Gasteiger partial charge in [0.25, 0.3) is 5.91 Å². The SMILES string of the molecule is Cl.NCC1(c2cccc(Cl)c2)CCC(NC(=O)c2ccc3c(c2)ncn3C2CC2)CC1. The fourth-order valence-corrected chi connectivity index (χ4v) is 5.02. The number of nitrogens with zero attached hydrogens (tertiary/aromatic N) is 2. The van der Waals surface area contributed by atoms with Crippen LogP contribution in [0.2, 0.25) is 5.02 Å². The standard InChI is InChI=1S/C24H27ClN4O.ClH/c25-18-3-1-2-17(13-18)24(14-26)10-8-19(9-11-24)28-23(30)16-4-7-22-21(12-16)27-15-29(22)20-5-6-20;/h1-4,7,12-13,15,19-20H,5-6,8-11,14,26H2,(H,28,30);1H. The van der Waals surface area contributed by atoms with Gasteiger partial charge in [0.1, 0.15) is 0 Å². The highest BCUT2D eigenvalue weighted by molar-refractivity contribution is 6.30. The molecule has 2 fully saturated rings. The molecule has 1 aromatic heterocycles. The molecule has 2 saturated carbocycles. The second-order valence-corrected chi connectivity index (χ2v) is 9.27. The third kappa shape index (κ3) is 4.32. The Morgan fingerprint density at radius 1 is 1.16 bits per heavy atom. The second kappa shape index (κ2) is 8.81. The van der Waals surface area contributed by atoms with Crippen molar-refractivity contribution in [1.82, 2.24) is 14.9 Å². The summed E-state index contributed by atoms with van der Waals surface area (Å²) >= 11 is 6.21. The Bertz CT molecular complexity index is 1080. The highest BCUT2D eigenvalue weighted by Crippen LogP contribution is 2.40. The minimum Gasteiger partial charge on any atom is -0.349 e. The molecule has 2 aliphatic rings. The van der Waals surface area contributed by atoms with Crippen LogP contribution in [-0.2, 0) is 5.41 Å². The van der Waals surface area contributed by atoms with Crippen LogP contribution in [0.4, 0.5) is 0 Å². The number of nitrogens with two attached hydrogens (primary N) is 1. The quantitative estimate of drug-likeness (QED) is 0.563. The number of carbonyl (C=O) groups is 1. The van der Waals surface area contributed by atoms with Crippen LogP contribution >= 0.6 is 24.0 Å². The summed E-state index contributed by atoms with van der Waals surface area (Å²) < 4.78 is 2.22. The number of hydrogen-bond donors (Lipinski definition) is 2. The summed E-state index contributed by atoms with van der Waals surface area (Å²) in [6.45, 7) is 0.592. The van der Waals surface area contributed by atoms with Crippen molar-refractivity contribution in [1.29, 1.82) is 0 Å². The van der Waals surface area contributed by atoms with Gasteiger partial charge >= 0.3 is 0 Å². The molecular weight excluding hydrogens is 431 g/mol. The van der Waals surface area contributed by atoms with E-state index in [4.69, 9.17) is 17.3 Å². The molecule has 164 valence electrons. The zero-order valence-electron chi connectivity index (χ0n) is 17.4. The van der Waals surface area contributed by atoms with Crippen LogP contribution in [0.25, 0.3) is 11.0 Å². The van der Waals surface area contributed by atoms with Gasteiger partial charge in [-0.3, -0.25) is 4.79 Å². The van der Waals surface area contributed by atoms with Crippen LogP contribution in [0.1, 0.15) is 60.5 Å². The Balaban J connectivity index is 0.00000231. The molecule has 3 aromatic rings. The minimum absolute atomic E-state index is 0. The van der Waals surface area contributed by atoms with Crippen LogP contribution in [0.15, 0.2) is 48.8 Å². The summed E-state index contributed by atoms with van der Waals surface area (Å²) in [6.07, 6.45) is 8.04. The van der Waals surface area contributed by atoms with Crippen molar-refractivity contribution < 1.29 is 4.79 Å². The van der Waals surface area contributed by atoms with Crippen LogP contribution in [0.5, 0.6) is 0 Å². The van der Waals surface area contributed by atoms with Gasteiger partial charge in [-0.2, -0.15) is 0 Å². The molecule has 1 heterocycles. The zero-order valence-corrected chi connectivity index (χ0v) is 19.0. The maximum atomic E-state index is 12.9. The monoisotopic (exact) mass is 458 g/mol. The third-order valence-electron chi connectivity index (χ3n) is 6.88. The molecule has 2 aliphatic carbocycles. The molecular formula is C24H28Cl2N4O. The number of rotatable bonds is 5. The molecule has 0 spiro atoms. The molecule has 5 nitrogen and oxygen atoms in total. The number of nitrogens with one attached hydrogen (secondary N) is 1. The predicted molar refractivity (Wildman–Crippen MR) is 127 cm³/mol. The summed E-state index contributed by atoms with van der Waals surface area (Å²) in [4.78, 5) is 17.4. The third-order valence-corrected chi connectivity index (χ3v) is 7.12. The van der Waals surface area contributed by atoms with Crippen molar-refractivity contribution >= 4 is 40.9 Å². The van der Waals surface area contributed by atoms with Gasteiger partial charge in [0.05, 0.1) is 17.4 Å². The number of imidazole rings is 1. The highest BCUT2D eigenvalue weighted by atomic mass is 35.5. The molecule has 1 amide bonds. The molecule has 5 rings (SSSR count). The van der Waals surface area contributed by atoms with Crippen molar-refractivity contribution in [3.8, 4) is 0 Å². The molecule has 7 heteroatoms. The topological polar surface area (TPSA) is 72.9 Å². The number of hydrogen-bond acceptors (Lipinski definition) is 3. The Labute approximate surface area is 193 Å². The maximum absolute atomic E-state index is 12.9. The lowest BCUT2D eigenvalue weighted by atomic mass is 9.68. The lowest BCUT2D eigenvalue weighted by molar-refractivity contribution is 0.0918. The van der Waals surface area contributed by atoms with Gasteiger partial charge in [-0.25, -0.2) is 4.98 Å². The zero-order chi connectivity index (χ0) is 20.7. The molecule has 2 aromatic carbocycles. The van der Waals surface area contributed by atoms with Gasteiger partial charge in [0, 0.05) is 34.6 Å². The van der Waals surface area contributed by atoms with Gasteiger partial charge in [-0.05, 0) is 74.4 Å². The first-order chi connectivity index (χ1) is 14.6. The normalized spacial score (nSPS) is 23.4. The molecule has 0 bridgehead atoms. The smallest absolute Gasteiger partial charge is 0.251 e. The van der Waals surface area contributed by atoms with E-state index >= 15 is 0 Å². The number of aromatic nitrogens is 2. The van der Waals surface area contributed by atoms with E-state index in [0.717, 1.165) is 41.7 Å². The van der Waals surface area contributed by atoms with E-state index in [2.05, 4.69) is 20.9 Å². The summed E-state index contributed by atoms with van der Waals surface area (Å²) in [5.74, 6) is -0.0223. The van der Waals surface area contributed by atoms with Gasteiger partial charge < -0.3 is 15.6 Å². The molecule has 0 atom stereocenters. The van der Waals surface area contributed by atoms with Crippen molar-refractivity contribution in [3.63, 3.8) is 0 Å². The molecule has 0 radical (unpaired) electrons. The first-order valence-electron chi connectivity index (χ1n) is 10.8. The summed E-state index contributed by atoms with van der Waals surface area (Å²) in [5, 5.41) is 3.97. The Kier molecular flexibility index (Phi) is 6.29. The lowest BCUT2D eigenvalue weighted by Crippen LogP contribution is -2.45. The number of amides is 1. The second-order valence-electron chi connectivity index (χ2n) is 8.83. The van der Waals surface area contributed by atoms with E-state index < -0.39 is 0 Å². The molecule has 31 heavy (non-hydrogen) atoms. The van der Waals surface area contributed by atoms with E-state index in [1.165, 1.54) is 18.4 Å². The first-order valence-corrected chi connectivity index (χ1v) is 11.2. The summed E-state index contributed by atoms with van der Waals surface area (Å²) in [7, 11) is 0. The van der Waals surface area contributed by atoms with Gasteiger partial charge in [0.15, 0.2) is 0 Å². The van der Waals surface area contributed by atoms with Crippen LogP contribution in [0.3, 0.4) is 0 Å². The van der Waals surface area contributed by atoms with Crippen molar-refractivity contribution in [2.75, 3.05) is 6.54 Å². The van der Waals surface area contributed by atoms with Crippen molar-refractivity contribution in [2.45, 2.75) is 56.0 Å². The van der Waals surface area contributed by atoms with Gasteiger partial charge in [-0.1, -0.05) is 23.7 Å². The largest absolute Gasteiger partial charge is 0.349 e. The van der Waals surface area contributed by atoms with Crippen LogP contribution < -0.4 is 11.1 Å². The van der Waals surface area contributed by atoms with E-state index in [1.807, 2.05) is 42.7 Å². The van der Waals surface area contributed by atoms with E-state index in [1.54, 1.807) is 0 Å². The fourth-order valence-electron chi connectivity index (χ4n) is 4.83. The first kappa shape index (κ1) is 22.1. The molecule has 0 saturated heterocycles. The van der Waals surface area contributed by atoms with Crippen LogP contribution in [0, 0.1) is 0 Å². The minimum atomic E-state index is -0.0549. The Morgan fingerprint density at radius 2 is 1.94 bits per heavy atom. The van der Waals surface area contributed by atoms with Gasteiger partial charge in [-0.15, -0.1) is 12.4 Å². The van der Waals surface area contributed by atoms with Crippen molar-refractivity contribution in [3.05, 3.63) is 64.9 Å². The summed E-state index contributed by atoms with van der Waals surface area (Å²) in [6, 6.07) is 14.6. The van der Waals surface area contributed by atoms with E-state index in [9.17, 15) is 4.79 Å². The maximum Gasteiger partial charge on any atom is 0.251 e.